The molecule has 0 saturated heterocycles. The highest BCUT2D eigenvalue weighted by atomic mass is 16.3. The number of H-pyrrole nitrogens is 1. The molecule has 0 fully saturated rings. The van der Waals surface area contributed by atoms with Gasteiger partial charge >= 0.3 is 0 Å². The summed E-state index contributed by atoms with van der Waals surface area (Å²) < 4.78 is 6.86. The molecule has 4 heteroatoms. The van der Waals surface area contributed by atoms with Crippen molar-refractivity contribution >= 4 is 89.8 Å². The Kier molecular flexibility index (Phi) is 6.18. The first-order valence-corrected chi connectivity index (χ1v) is 19.8. The minimum Gasteiger partial charge on any atom is -0.456 e. The molecule has 0 spiro atoms. The molecule has 2 aromatic heterocycles. The molecular weight excluding hydrogens is 691 g/mol. The number of anilines is 3. The van der Waals surface area contributed by atoms with Crippen molar-refractivity contribution in [3.8, 4) is 11.1 Å². The number of nitrogens with zero attached hydrogens (tertiary/aromatic N) is 1. The van der Waals surface area contributed by atoms with Crippen molar-refractivity contribution in [3.63, 3.8) is 0 Å². The number of rotatable bonds is 3. The van der Waals surface area contributed by atoms with E-state index < -0.39 is 5.41 Å². The van der Waals surface area contributed by atoms with Gasteiger partial charge in [-0.15, -0.1) is 0 Å². The largest absolute Gasteiger partial charge is 0.456 e. The molecule has 2 aliphatic heterocycles. The van der Waals surface area contributed by atoms with Gasteiger partial charge in [-0.3, -0.25) is 0 Å². The summed E-state index contributed by atoms with van der Waals surface area (Å²) in [6.45, 7) is 0. The van der Waals surface area contributed by atoms with E-state index in [0.29, 0.717) is 0 Å². The predicted octanol–water partition coefficient (Wildman–Crippen LogP) is 11.9. The third-order valence-electron chi connectivity index (χ3n) is 12.8. The monoisotopic (exact) mass is 724 g/mol. The van der Waals surface area contributed by atoms with Crippen molar-refractivity contribution < 1.29 is 4.42 Å². The van der Waals surface area contributed by atoms with E-state index in [2.05, 4.69) is 198 Å². The molecule has 264 valence electrons. The van der Waals surface area contributed by atoms with Gasteiger partial charge in [0.2, 0.25) is 0 Å². The van der Waals surface area contributed by atoms with Crippen molar-refractivity contribution in [2.45, 2.75) is 5.41 Å². The number of benzene rings is 9. The standard InChI is InChI=1S/C53H33BN2O/c1-3-17-34(18-4-1)53(35-19-5-2-6-20-35)40-24-10-11-27-44(40)56-45-31-47-48(37-21-9-12-28-46(37)57-47)49(50(45)54-42-26-14-25-41(53)52(42)56)38-23-13-22-36-39-29-32-15-7-8-16-33(32)30-43(39)55-51(36)38/h1-31,54-55H. The second-order valence-corrected chi connectivity index (χ2v) is 15.6. The van der Waals surface area contributed by atoms with E-state index in [0.717, 1.165) is 45.9 Å². The molecule has 0 radical (unpaired) electrons. The molecule has 0 aliphatic carbocycles. The Morgan fingerprint density at radius 3 is 2.00 bits per heavy atom. The molecule has 0 bridgehead atoms. The fourth-order valence-corrected chi connectivity index (χ4v) is 10.6. The molecule has 57 heavy (non-hydrogen) atoms. The number of hydrogen-bond acceptors (Lipinski definition) is 2. The lowest BCUT2D eigenvalue weighted by atomic mass is 9.54. The summed E-state index contributed by atoms with van der Waals surface area (Å²) in [6, 6.07) is 69.1. The van der Waals surface area contributed by atoms with Crippen LogP contribution in [-0.2, 0) is 5.41 Å². The third-order valence-corrected chi connectivity index (χ3v) is 12.8. The van der Waals surface area contributed by atoms with E-state index in [1.165, 1.54) is 77.2 Å². The molecular formula is C53H33BN2O. The van der Waals surface area contributed by atoms with Gasteiger partial charge in [0.15, 0.2) is 7.28 Å². The lowest BCUT2D eigenvalue weighted by Crippen LogP contribution is -2.47. The van der Waals surface area contributed by atoms with Crippen LogP contribution in [-0.4, -0.2) is 12.3 Å². The van der Waals surface area contributed by atoms with E-state index in [9.17, 15) is 0 Å². The van der Waals surface area contributed by atoms with Gasteiger partial charge in [0.25, 0.3) is 0 Å². The molecule has 3 nitrogen and oxygen atoms in total. The van der Waals surface area contributed by atoms with Gasteiger partial charge in [0.05, 0.1) is 16.6 Å². The Balaban J connectivity index is 1.16. The number of furan rings is 1. The number of aromatic nitrogens is 1. The first kappa shape index (κ1) is 31.0. The summed E-state index contributed by atoms with van der Waals surface area (Å²) in [6.07, 6.45) is 0. The van der Waals surface area contributed by atoms with Gasteiger partial charge in [-0.1, -0.05) is 163 Å². The van der Waals surface area contributed by atoms with Gasteiger partial charge in [-0.05, 0) is 68.3 Å². The van der Waals surface area contributed by atoms with Gasteiger partial charge in [0.1, 0.15) is 11.2 Å². The molecule has 0 amide bonds. The zero-order chi connectivity index (χ0) is 37.2. The molecule has 2 aliphatic rings. The molecule has 0 saturated carbocycles. The van der Waals surface area contributed by atoms with Gasteiger partial charge in [-0.25, -0.2) is 0 Å². The summed E-state index contributed by atoms with van der Waals surface area (Å²) in [4.78, 5) is 6.48. The number of fused-ring (bicyclic) bond motifs is 11. The molecule has 9 aromatic carbocycles. The smallest absolute Gasteiger partial charge is 0.198 e. The lowest BCUT2D eigenvalue weighted by molar-refractivity contribution is 0.669. The summed E-state index contributed by atoms with van der Waals surface area (Å²) >= 11 is 0. The fourth-order valence-electron chi connectivity index (χ4n) is 10.6. The van der Waals surface area contributed by atoms with Crippen molar-refractivity contribution in [1.29, 1.82) is 0 Å². The average Bonchev–Trinajstić information content (AvgIpc) is 3.83. The highest BCUT2D eigenvalue weighted by molar-refractivity contribution is 6.74. The van der Waals surface area contributed by atoms with Crippen LogP contribution in [0.15, 0.2) is 192 Å². The minimum absolute atomic E-state index is 0.524. The predicted molar refractivity (Wildman–Crippen MR) is 239 cm³/mol. The van der Waals surface area contributed by atoms with E-state index in [1.807, 2.05) is 0 Å². The Labute approximate surface area is 329 Å². The molecule has 0 atom stereocenters. The second-order valence-electron chi connectivity index (χ2n) is 15.6. The maximum atomic E-state index is 6.86. The van der Waals surface area contributed by atoms with Crippen molar-refractivity contribution in [3.05, 3.63) is 210 Å². The third kappa shape index (κ3) is 4.06. The summed E-state index contributed by atoms with van der Waals surface area (Å²) in [7, 11) is 0.780. The molecule has 1 N–H and O–H groups in total. The summed E-state index contributed by atoms with van der Waals surface area (Å²) in [5, 5.41) is 7.24. The first-order valence-electron chi connectivity index (χ1n) is 19.8. The van der Waals surface area contributed by atoms with Gasteiger partial charge < -0.3 is 14.3 Å². The zero-order valence-corrected chi connectivity index (χ0v) is 31.0. The maximum Gasteiger partial charge on any atom is 0.198 e. The Bertz CT molecular complexity index is 3410. The van der Waals surface area contributed by atoms with E-state index in [-0.39, 0.29) is 0 Å². The van der Waals surface area contributed by atoms with Crippen LogP contribution in [0.1, 0.15) is 22.3 Å². The van der Waals surface area contributed by atoms with Crippen LogP contribution in [0.2, 0.25) is 0 Å². The zero-order valence-electron chi connectivity index (χ0n) is 31.0. The number of para-hydroxylation sites is 4. The summed E-state index contributed by atoms with van der Waals surface area (Å²) in [5.74, 6) is 0. The van der Waals surface area contributed by atoms with Crippen LogP contribution < -0.4 is 15.8 Å². The number of aromatic amines is 1. The van der Waals surface area contributed by atoms with Crippen molar-refractivity contribution in [2.24, 2.45) is 0 Å². The van der Waals surface area contributed by atoms with Gasteiger partial charge in [-0.2, -0.15) is 0 Å². The molecule has 11 aromatic rings. The Morgan fingerprint density at radius 1 is 0.509 bits per heavy atom. The number of hydrogen-bond donors (Lipinski definition) is 1. The van der Waals surface area contributed by atoms with Crippen LogP contribution in [0.25, 0.3) is 65.6 Å². The number of nitrogens with one attached hydrogen (secondary N) is 1. The highest BCUT2D eigenvalue weighted by Gasteiger charge is 2.48. The second kappa shape index (κ2) is 11.4. The van der Waals surface area contributed by atoms with Crippen LogP contribution in [0.3, 0.4) is 0 Å². The fraction of sp³-hybridized carbons (Fsp3) is 0.0189. The molecule has 13 rings (SSSR count). The Morgan fingerprint density at radius 2 is 1.18 bits per heavy atom. The average molecular weight is 725 g/mol. The molecule has 0 unspecified atom stereocenters. The van der Waals surface area contributed by atoms with Gasteiger partial charge in [0, 0.05) is 50.1 Å². The van der Waals surface area contributed by atoms with E-state index in [1.54, 1.807) is 0 Å². The SMILES string of the molecule is B1c2cccc3c2N(c2ccccc2C3(c2ccccc2)c2ccccc2)c2cc3oc4ccccc4c3c(-c3cccc4c3[nH]c3cc5ccccc5cc34)c21. The molecule has 4 heterocycles. The topological polar surface area (TPSA) is 32.2 Å². The Hall–Kier alpha value is -7.30. The van der Waals surface area contributed by atoms with Crippen LogP contribution in [0.4, 0.5) is 17.1 Å². The lowest BCUT2D eigenvalue weighted by Gasteiger charge is -2.49. The minimum atomic E-state index is -0.524. The van der Waals surface area contributed by atoms with E-state index >= 15 is 0 Å². The summed E-state index contributed by atoms with van der Waals surface area (Å²) in [5.41, 5.74) is 17.3. The van der Waals surface area contributed by atoms with Crippen LogP contribution in [0, 0.1) is 0 Å². The van der Waals surface area contributed by atoms with Crippen molar-refractivity contribution in [1.82, 2.24) is 4.98 Å². The maximum absolute atomic E-state index is 6.86. The first-order chi connectivity index (χ1) is 28.3. The normalized spacial score (nSPS) is 13.9. The quantitative estimate of drug-likeness (QED) is 0.184. The van der Waals surface area contributed by atoms with E-state index in [4.69, 9.17) is 4.42 Å². The van der Waals surface area contributed by atoms with Crippen LogP contribution in [0.5, 0.6) is 0 Å². The van der Waals surface area contributed by atoms with Crippen molar-refractivity contribution in [2.75, 3.05) is 4.90 Å². The van der Waals surface area contributed by atoms with Crippen LogP contribution >= 0.6 is 0 Å². The highest BCUT2D eigenvalue weighted by Crippen LogP contribution is 2.58.